The molecular weight excluding hydrogens is 268 g/mol. The molecule has 0 aromatic carbocycles. The normalized spacial score (nSPS) is 10.8. The minimum atomic E-state index is -0.144. The number of aryl methyl sites for hydroxylation is 1. The van der Waals surface area contributed by atoms with Gasteiger partial charge in [-0.15, -0.1) is 5.10 Å². The zero-order valence-corrected chi connectivity index (χ0v) is 13.3. The topological polar surface area (TPSA) is 82.1 Å². The number of carbonyl (C=O) groups is 1. The summed E-state index contributed by atoms with van der Waals surface area (Å²) in [7, 11) is 0. The van der Waals surface area contributed by atoms with Gasteiger partial charge in [0.1, 0.15) is 5.82 Å². The smallest absolute Gasteiger partial charge is 0.293 e. The van der Waals surface area contributed by atoms with E-state index < -0.39 is 0 Å². The minimum absolute atomic E-state index is 0.0911. The highest BCUT2D eigenvalue weighted by Crippen LogP contribution is 2.07. The summed E-state index contributed by atoms with van der Waals surface area (Å²) in [5, 5.41) is 15.7. The molecule has 1 rings (SSSR count). The number of H-pyrrole nitrogens is 1. The Balaban J connectivity index is 2.52. The Bertz CT molecular complexity index is 406. The lowest BCUT2D eigenvalue weighted by molar-refractivity contribution is 0.0729. The Morgan fingerprint density at radius 2 is 1.86 bits per heavy atom. The monoisotopic (exact) mass is 296 g/mol. The molecule has 1 aromatic rings. The molecule has 1 heterocycles. The summed E-state index contributed by atoms with van der Waals surface area (Å²) in [6, 6.07) is 0. The molecule has 0 fully saturated rings. The summed E-state index contributed by atoms with van der Waals surface area (Å²) in [5.41, 5.74) is 0. The Labute approximate surface area is 127 Å². The number of amides is 1. The Kier molecular flexibility index (Phi) is 8.66. The molecule has 0 atom stereocenters. The van der Waals surface area contributed by atoms with Crippen LogP contribution in [0.5, 0.6) is 0 Å². The van der Waals surface area contributed by atoms with Gasteiger partial charge >= 0.3 is 0 Å². The molecule has 2 N–H and O–H groups in total. The first-order chi connectivity index (χ1) is 10.2. The van der Waals surface area contributed by atoms with Crippen molar-refractivity contribution in [3.05, 3.63) is 11.6 Å². The molecule has 1 amide bonds. The van der Waals surface area contributed by atoms with Crippen LogP contribution in [-0.2, 0) is 6.42 Å². The van der Waals surface area contributed by atoms with Gasteiger partial charge in [0.15, 0.2) is 0 Å². The van der Waals surface area contributed by atoms with Gasteiger partial charge in [0.2, 0.25) is 5.82 Å². The first-order valence-corrected chi connectivity index (χ1v) is 8.04. The number of unbranched alkanes of at least 4 members (excludes halogenated alkanes) is 4. The predicted octanol–water partition coefficient (Wildman–Crippen LogP) is 2.16. The van der Waals surface area contributed by atoms with Gasteiger partial charge < -0.3 is 10.0 Å². The zero-order valence-electron chi connectivity index (χ0n) is 13.3. The van der Waals surface area contributed by atoms with Gasteiger partial charge in [-0.25, -0.2) is 4.98 Å². The fourth-order valence-corrected chi connectivity index (χ4v) is 2.17. The third-order valence-electron chi connectivity index (χ3n) is 3.46. The molecule has 120 valence electrons. The number of rotatable bonds is 11. The van der Waals surface area contributed by atoms with E-state index in [-0.39, 0.29) is 18.3 Å². The molecule has 0 radical (unpaired) electrons. The van der Waals surface area contributed by atoms with Crippen LogP contribution in [0.4, 0.5) is 0 Å². The largest absolute Gasteiger partial charge is 0.396 e. The van der Waals surface area contributed by atoms with Crippen molar-refractivity contribution in [3.63, 3.8) is 0 Å². The Morgan fingerprint density at radius 3 is 2.48 bits per heavy atom. The molecule has 0 aliphatic rings. The van der Waals surface area contributed by atoms with E-state index in [1.165, 1.54) is 19.3 Å². The summed E-state index contributed by atoms with van der Waals surface area (Å²) in [5.74, 6) is 0.816. The van der Waals surface area contributed by atoms with Gasteiger partial charge in [-0.3, -0.25) is 9.89 Å². The maximum atomic E-state index is 12.4. The number of aliphatic hydroxyl groups is 1. The SMILES string of the molecule is CCCCCCCN(CCCO)C(=O)c1n[nH]c(CC)n1. The van der Waals surface area contributed by atoms with E-state index >= 15 is 0 Å². The van der Waals surface area contributed by atoms with Gasteiger partial charge in [-0.2, -0.15) is 0 Å². The Morgan fingerprint density at radius 1 is 1.14 bits per heavy atom. The van der Waals surface area contributed by atoms with Crippen LogP contribution in [0.2, 0.25) is 0 Å². The standard InChI is InChI=1S/C15H28N4O2/c1-3-5-6-7-8-10-19(11-9-12-20)15(21)14-16-13(4-2)17-18-14/h20H,3-12H2,1-2H3,(H,16,17,18). The minimum Gasteiger partial charge on any atom is -0.396 e. The van der Waals surface area contributed by atoms with Crippen LogP contribution in [-0.4, -0.2) is 50.8 Å². The van der Waals surface area contributed by atoms with Crippen LogP contribution in [0, 0.1) is 0 Å². The first kappa shape index (κ1) is 17.6. The number of aromatic amines is 1. The fraction of sp³-hybridized carbons (Fsp3) is 0.800. The number of nitrogens with zero attached hydrogens (tertiary/aromatic N) is 3. The Hall–Kier alpha value is -1.43. The molecule has 6 nitrogen and oxygen atoms in total. The van der Waals surface area contributed by atoms with Crippen molar-refractivity contribution in [2.45, 2.75) is 58.8 Å². The number of aromatic nitrogens is 3. The second-order valence-electron chi connectivity index (χ2n) is 5.24. The average molecular weight is 296 g/mol. The highest BCUT2D eigenvalue weighted by molar-refractivity contribution is 5.90. The number of nitrogens with one attached hydrogen (secondary N) is 1. The van der Waals surface area contributed by atoms with E-state index in [9.17, 15) is 4.79 Å². The van der Waals surface area contributed by atoms with E-state index in [2.05, 4.69) is 22.1 Å². The number of carbonyl (C=O) groups excluding carboxylic acids is 1. The third-order valence-corrected chi connectivity index (χ3v) is 3.46. The molecule has 0 saturated heterocycles. The lowest BCUT2D eigenvalue weighted by Gasteiger charge is -2.20. The van der Waals surface area contributed by atoms with E-state index in [0.717, 1.165) is 25.1 Å². The molecule has 0 aliphatic heterocycles. The fourth-order valence-electron chi connectivity index (χ4n) is 2.17. The molecule has 6 heteroatoms. The third kappa shape index (κ3) is 6.25. The van der Waals surface area contributed by atoms with Crippen LogP contribution < -0.4 is 0 Å². The maximum Gasteiger partial charge on any atom is 0.293 e. The molecule has 0 bridgehead atoms. The van der Waals surface area contributed by atoms with E-state index in [1.807, 2.05) is 6.92 Å². The van der Waals surface area contributed by atoms with Crippen LogP contribution in [0.25, 0.3) is 0 Å². The second-order valence-corrected chi connectivity index (χ2v) is 5.24. The second kappa shape index (κ2) is 10.3. The molecule has 0 unspecified atom stereocenters. The maximum absolute atomic E-state index is 12.4. The van der Waals surface area contributed by atoms with Crippen molar-refractivity contribution in [1.29, 1.82) is 0 Å². The number of aliphatic hydroxyl groups excluding tert-OH is 1. The van der Waals surface area contributed by atoms with Gasteiger partial charge in [0.05, 0.1) is 0 Å². The van der Waals surface area contributed by atoms with Crippen molar-refractivity contribution in [3.8, 4) is 0 Å². The summed E-state index contributed by atoms with van der Waals surface area (Å²) in [6.07, 6.45) is 7.10. The molecule has 0 aliphatic carbocycles. The molecular formula is C15H28N4O2. The molecule has 1 aromatic heterocycles. The van der Waals surface area contributed by atoms with Gasteiger partial charge in [-0.05, 0) is 12.8 Å². The summed E-state index contributed by atoms with van der Waals surface area (Å²) in [4.78, 5) is 18.3. The van der Waals surface area contributed by atoms with Crippen molar-refractivity contribution < 1.29 is 9.90 Å². The van der Waals surface area contributed by atoms with Crippen LogP contribution in [0.1, 0.15) is 68.8 Å². The van der Waals surface area contributed by atoms with Crippen LogP contribution >= 0.6 is 0 Å². The lowest BCUT2D eigenvalue weighted by Crippen LogP contribution is -2.34. The van der Waals surface area contributed by atoms with Gasteiger partial charge in [0.25, 0.3) is 5.91 Å². The van der Waals surface area contributed by atoms with Gasteiger partial charge in [-0.1, -0.05) is 39.5 Å². The van der Waals surface area contributed by atoms with Crippen molar-refractivity contribution >= 4 is 5.91 Å². The van der Waals surface area contributed by atoms with Crippen molar-refractivity contribution in [2.24, 2.45) is 0 Å². The van der Waals surface area contributed by atoms with E-state index in [0.29, 0.717) is 19.5 Å². The van der Waals surface area contributed by atoms with Crippen LogP contribution in [0.15, 0.2) is 0 Å². The average Bonchev–Trinajstić information content (AvgIpc) is 2.98. The molecule has 21 heavy (non-hydrogen) atoms. The number of hydrogen-bond donors (Lipinski definition) is 2. The van der Waals surface area contributed by atoms with Crippen LogP contribution in [0.3, 0.4) is 0 Å². The quantitative estimate of drug-likeness (QED) is 0.613. The van der Waals surface area contributed by atoms with E-state index in [4.69, 9.17) is 5.11 Å². The van der Waals surface area contributed by atoms with Gasteiger partial charge in [0, 0.05) is 26.1 Å². The zero-order chi connectivity index (χ0) is 15.5. The molecule has 0 spiro atoms. The highest BCUT2D eigenvalue weighted by atomic mass is 16.3. The number of hydrogen-bond acceptors (Lipinski definition) is 4. The summed E-state index contributed by atoms with van der Waals surface area (Å²) >= 11 is 0. The lowest BCUT2D eigenvalue weighted by atomic mass is 10.1. The summed E-state index contributed by atoms with van der Waals surface area (Å²) < 4.78 is 0. The predicted molar refractivity (Wildman–Crippen MR) is 82.1 cm³/mol. The first-order valence-electron chi connectivity index (χ1n) is 8.04. The van der Waals surface area contributed by atoms with Crippen molar-refractivity contribution in [1.82, 2.24) is 20.1 Å². The van der Waals surface area contributed by atoms with E-state index in [1.54, 1.807) is 4.90 Å². The molecule has 0 saturated carbocycles. The van der Waals surface area contributed by atoms with Crippen molar-refractivity contribution in [2.75, 3.05) is 19.7 Å². The summed E-state index contributed by atoms with van der Waals surface area (Å²) in [6.45, 7) is 5.50. The highest BCUT2D eigenvalue weighted by Gasteiger charge is 2.19.